The van der Waals surface area contributed by atoms with Gasteiger partial charge in [0.1, 0.15) is 0 Å². The van der Waals surface area contributed by atoms with Crippen molar-refractivity contribution in [1.29, 1.82) is 0 Å². The molecule has 0 aromatic carbocycles. The number of amides is 1. The predicted octanol–water partition coefficient (Wildman–Crippen LogP) is 1.93. The molecule has 6 heteroatoms. The van der Waals surface area contributed by atoms with Crippen molar-refractivity contribution in [3.05, 3.63) is 21.3 Å². The standard InChI is InChI=1S/C14H19ClN2O2S/c15-13-4-3-12(20-13)14(19)17-7-5-16(6-8-17)9-11(18)10-1-2-10/h3-4,10-11,18H,1-2,5-9H2/t11-/m1/s1. The molecule has 1 aromatic rings. The zero-order valence-electron chi connectivity index (χ0n) is 11.3. The van der Waals surface area contributed by atoms with Gasteiger partial charge in [0.05, 0.1) is 15.3 Å². The average molecular weight is 315 g/mol. The summed E-state index contributed by atoms with van der Waals surface area (Å²) >= 11 is 7.20. The highest BCUT2D eigenvalue weighted by molar-refractivity contribution is 7.17. The smallest absolute Gasteiger partial charge is 0.264 e. The van der Waals surface area contributed by atoms with E-state index in [4.69, 9.17) is 11.6 Å². The van der Waals surface area contributed by atoms with E-state index in [1.54, 1.807) is 12.1 Å². The van der Waals surface area contributed by atoms with E-state index < -0.39 is 0 Å². The van der Waals surface area contributed by atoms with Crippen molar-refractivity contribution in [2.75, 3.05) is 32.7 Å². The molecule has 1 amide bonds. The van der Waals surface area contributed by atoms with E-state index in [1.165, 1.54) is 24.2 Å². The van der Waals surface area contributed by atoms with E-state index >= 15 is 0 Å². The zero-order valence-corrected chi connectivity index (χ0v) is 12.9. The topological polar surface area (TPSA) is 43.8 Å². The number of hydrogen-bond acceptors (Lipinski definition) is 4. The minimum absolute atomic E-state index is 0.0734. The molecular weight excluding hydrogens is 296 g/mol. The van der Waals surface area contributed by atoms with E-state index in [9.17, 15) is 9.90 Å². The van der Waals surface area contributed by atoms with E-state index in [0.717, 1.165) is 32.7 Å². The number of rotatable bonds is 4. The Bertz CT molecular complexity index is 481. The number of halogens is 1. The maximum atomic E-state index is 12.3. The first kappa shape index (κ1) is 14.3. The summed E-state index contributed by atoms with van der Waals surface area (Å²) in [5, 5.41) is 9.96. The highest BCUT2D eigenvalue weighted by Gasteiger charge is 2.32. The van der Waals surface area contributed by atoms with Gasteiger partial charge in [-0.2, -0.15) is 0 Å². The van der Waals surface area contributed by atoms with Crippen LogP contribution in [0.1, 0.15) is 22.5 Å². The molecule has 0 bridgehead atoms. The Labute approximate surface area is 127 Å². The van der Waals surface area contributed by atoms with Gasteiger partial charge in [0.2, 0.25) is 0 Å². The molecule has 3 rings (SSSR count). The van der Waals surface area contributed by atoms with Crippen LogP contribution >= 0.6 is 22.9 Å². The Balaban J connectivity index is 1.49. The van der Waals surface area contributed by atoms with Crippen LogP contribution < -0.4 is 0 Å². The molecule has 1 atom stereocenters. The molecule has 4 nitrogen and oxygen atoms in total. The van der Waals surface area contributed by atoms with Gasteiger partial charge in [-0.1, -0.05) is 11.6 Å². The molecular formula is C14H19ClN2O2S. The molecule has 0 radical (unpaired) electrons. The first-order valence-corrected chi connectivity index (χ1v) is 8.28. The van der Waals surface area contributed by atoms with Gasteiger partial charge in [0, 0.05) is 32.7 Å². The van der Waals surface area contributed by atoms with Crippen LogP contribution in [0.2, 0.25) is 4.34 Å². The van der Waals surface area contributed by atoms with Crippen molar-refractivity contribution >= 4 is 28.8 Å². The van der Waals surface area contributed by atoms with Crippen molar-refractivity contribution in [3.63, 3.8) is 0 Å². The Morgan fingerprint density at radius 1 is 1.35 bits per heavy atom. The molecule has 1 saturated carbocycles. The molecule has 20 heavy (non-hydrogen) atoms. The summed E-state index contributed by atoms with van der Waals surface area (Å²) in [6, 6.07) is 3.56. The highest BCUT2D eigenvalue weighted by atomic mass is 35.5. The number of aliphatic hydroxyl groups is 1. The Kier molecular flexibility index (Phi) is 4.31. The molecule has 1 N–H and O–H groups in total. The van der Waals surface area contributed by atoms with Gasteiger partial charge < -0.3 is 10.0 Å². The second-order valence-electron chi connectivity index (χ2n) is 5.60. The van der Waals surface area contributed by atoms with Gasteiger partial charge in [0.15, 0.2) is 0 Å². The largest absolute Gasteiger partial charge is 0.392 e. The van der Waals surface area contributed by atoms with Crippen LogP contribution in [0.15, 0.2) is 12.1 Å². The van der Waals surface area contributed by atoms with Gasteiger partial charge in [-0.25, -0.2) is 0 Å². The quantitative estimate of drug-likeness (QED) is 0.923. The van der Waals surface area contributed by atoms with Gasteiger partial charge >= 0.3 is 0 Å². The molecule has 2 aliphatic rings. The lowest BCUT2D eigenvalue weighted by Gasteiger charge is -2.35. The number of carbonyl (C=O) groups excluding carboxylic acids is 1. The van der Waals surface area contributed by atoms with Gasteiger partial charge in [-0.3, -0.25) is 9.69 Å². The highest BCUT2D eigenvalue weighted by Crippen LogP contribution is 2.33. The lowest BCUT2D eigenvalue weighted by molar-refractivity contribution is 0.0492. The van der Waals surface area contributed by atoms with Crippen LogP contribution in [0.5, 0.6) is 0 Å². The fourth-order valence-electron chi connectivity index (χ4n) is 2.61. The Hall–Kier alpha value is -0.620. The van der Waals surface area contributed by atoms with Crippen molar-refractivity contribution in [2.24, 2.45) is 5.92 Å². The normalized spacial score (nSPS) is 22.0. The van der Waals surface area contributed by atoms with Crippen molar-refractivity contribution in [3.8, 4) is 0 Å². The minimum atomic E-state index is -0.187. The van der Waals surface area contributed by atoms with Crippen LogP contribution in [-0.4, -0.2) is 59.6 Å². The third-order valence-corrected chi connectivity index (χ3v) is 5.27. The van der Waals surface area contributed by atoms with E-state index in [-0.39, 0.29) is 12.0 Å². The summed E-state index contributed by atoms with van der Waals surface area (Å²) in [6.07, 6.45) is 2.14. The van der Waals surface area contributed by atoms with Crippen LogP contribution in [0.4, 0.5) is 0 Å². The summed E-state index contributed by atoms with van der Waals surface area (Å²) in [6.45, 7) is 3.89. The number of thiophene rings is 1. The molecule has 1 aromatic heterocycles. The second-order valence-corrected chi connectivity index (χ2v) is 7.32. The number of nitrogens with zero attached hydrogens (tertiary/aromatic N) is 2. The first-order valence-electron chi connectivity index (χ1n) is 7.08. The van der Waals surface area contributed by atoms with Gasteiger partial charge in [-0.15, -0.1) is 11.3 Å². The van der Waals surface area contributed by atoms with E-state index in [2.05, 4.69) is 4.90 Å². The zero-order chi connectivity index (χ0) is 14.1. The monoisotopic (exact) mass is 314 g/mol. The van der Waals surface area contributed by atoms with Gasteiger partial charge in [0.25, 0.3) is 5.91 Å². The number of hydrogen-bond donors (Lipinski definition) is 1. The molecule has 1 aliphatic carbocycles. The predicted molar refractivity (Wildman–Crippen MR) is 80.4 cm³/mol. The fraction of sp³-hybridized carbons (Fsp3) is 0.643. The summed E-state index contributed by atoms with van der Waals surface area (Å²) in [5.41, 5.74) is 0. The summed E-state index contributed by atoms with van der Waals surface area (Å²) < 4.78 is 0.652. The maximum absolute atomic E-state index is 12.3. The first-order chi connectivity index (χ1) is 9.63. The summed E-state index contributed by atoms with van der Waals surface area (Å²) in [4.78, 5) is 17.1. The number of β-amino-alcohol motifs (C(OH)–C–C–N with tert-alkyl or cyclic N) is 1. The summed E-state index contributed by atoms with van der Waals surface area (Å²) in [5.74, 6) is 0.590. The van der Waals surface area contributed by atoms with Crippen LogP contribution in [0.3, 0.4) is 0 Å². The number of aliphatic hydroxyl groups excluding tert-OH is 1. The third-order valence-electron chi connectivity index (χ3n) is 4.05. The van der Waals surface area contributed by atoms with E-state index in [1.807, 2.05) is 4.90 Å². The molecule has 1 aliphatic heterocycles. The Morgan fingerprint density at radius 2 is 2.05 bits per heavy atom. The minimum Gasteiger partial charge on any atom is -0.392 e. The molecule has 0 spiro atoms. The average Bonchev–Trinajstić information content (AvgIpc) is 3.21. The van der Waals surface area contributed by atoms with E-state index in [0.29, 0.717) is 15.1 Å². The number of piperazine rings is 1. The molecule has 0 unspecified atom stereocenters. The molecule has 2 heterocycles. The van der Waals surface area contributed by atoms with Crippen LogP contribution in [-0.2, 0) is 0 Å². The third kappa shape index (κ3) is 3.34. The Morgan fingerprint density at radius 3 is 2.60 bits per heavy atom. The van der Waals surface area contributed by atoms with Gasteiger partial charge in [-0.05, 0) is 30.9 Å². The van der Waals surface area contributed by atoms with Crippen LogP contribution in [0, 0.1) is 5.92 Å². The molecule has 2 fully saturated rings. The number of carbonyl (C=O) groups is 1. The summed E-state index contributed by atoms with van der Waals surface area (Å²) in [7, 11) is 0. The van der Waals surface area contributed by atoms with Crippen molar-refractivity contribution in [2.45, 2.75) is 18.9 Å². The van der Waals surface area contributed by atoms with Crippen molar-refractivity contribution in [1.82, 2.24) is 9.80 Å². The second kappa shape index (κ2) is 6.02. The lowest BCUT2D eigenvalue weighted by Crippen LogP contribution is -2.50. The fourth-order valence-corrected chi connectivity index (χ4v) is 3.62. The maximum Gasteiger partial charge on any atom is 0.264 e. The lowest BCUT2D eigenvalue weighted by atomic mass is 10.2. The molecule has 1 saturated heterocycles. The SMILES string of the molecule is O=C(c1ccc(Cl)s1)N1CCN(C[C@@H](O)C2CC2)CC1. The van der Waals surface area contributed by atoms with Crippen molar-refractivity contribution < 1.29 is 9.90 Å². The van der Waals surface area contributed by atoms with Crippen LogP contribution in [0.25, 0.3) is 0 Å². The molecule has 110 valence electrons.